The molecule has 0 saturated heterocycles. The maximum absolute atomic E-state index is 13.8. The molecule has 4 rings (SSSR count). The Kier molecular flexibility index (Phi) is 16.0. The molecule has 1 fully saturated rings. The van der Waals surface area contributed by atoms with Gasteiger partial charge in [-0.25, -0.2) is 4.39 Å². The summed E-state index contributed by atoms with van der Waals surface area (Å²) in [5.74, 6) is 1.54. The summed E-state index contributed by atoms with van der Waals surface area (Å²) in [7, 11) is 0. The molecule has 3 unspecified atom stereocenters. The van der Waals surface area contributed by atoms with E-state index < -0.39 is 0 Å². The normalized spacial score (nSPS) is 20.2. The van der Waals surface area contributed by atoms with Crippen molar-refractivity contribution in [3.05, 3.63) is 131 Å². The Hall–Kier alpha value is -3.46. The predicted octanol–water partition coefficient (Wildman–Crippen LogP) is 12.0. The number of carbonyl (C=O) groups is 1. The van der Waals surface area contributed by atoms with Crippen LogP contribution >= 0.6 is 0 Å². The molecule has 1 aliphatic carbocycles. The molecule has 1 heterocycles. The number of halogens is 1. The number of ketones is 1. The Morgan fingerprint density at radius 3 is 2.13 bits per heavy atom. The van der Waals surface area contributed by atoms with Crippen molar-refractivity contribution in [3.8, 4) is 0 Å². The van der Waals surface area contributed by atoms with Gasteiger partial charge in [0.2, 0.25) is 0 Å². The van der Waals surface area contributed by atoms with Crippen LogP contribution in [0, 0.1) is 23.6 Å². The van der Waals surface area contributed by atoms with Crippen LogP contribution in [0.4, 0.5) is 4.39 Å². The highest BCUT2D eigenvalue weighted by molar-refractivity contribution is 5.96. The summed E-state index contributed by atoms with van der Waals surface area (Å²) in [5.41, 5.74) is 6.88. The van der Waals surface area contributed by atoms with Crippen LogP contribution in [0.15, 0.2) is 114 Å². The minimum atomic E-state index is -0.232. The second kappa shape index (κ2) is 19.1. The monoisotopic (exact) mass is 611 g/mol. The molecule has 3 heteroatoms. The van der Waals surface area contributed by atoms with E-state index in [2.05, 4.69) is 64.8 Å². The van der Waals surface area contributed by atoms with Crippen molar-refractivity contribution in [2.75, 3.05) is 6.54 Å². The van der Waals surface area contributed by atoms with E-state index in [-0.39, 0.29) is 29.5 Å². The van der Waals surface area contributed by atoms with Gasteiger partial charge in [-0.15, -0.1) is 0 Å². The number of hydrogen-bond donors (Lipinski definition) is 0. The maximum Gasteiger partial charge on any atom is 0.158 e. The zero-order valence-electron chi connectivity index (χ0n) is 29.3. The molecule has 0 amide bonds. The average molecular weight is 612 g/mol. The Morgan fingerprint density at radius 2 is 1.62 bits per heavy atom. The Morgan fingerprint density at radius 1 is 1.00 bits per heavy atom. The Balaban J connectivity index is 0.000000500. The van der Waals surface area contributed by atoms with Gasteiger partial charge in [0.1, 0.15) is 5.82 Å². The third-order valence-electron chi connectivity index (χ3n) is 8.15. The van der Waals surface area contributed by atoms with Crippen molar-refractivity contribution in [1.29, 1.82) is 0 Å². The number of hydrogen-bond acceptors (Lipinski definition) is 2. The zero-order valence-corrected chi connectivity index (χ0v) is 29.3. The van der Waals surface area contributed by atoms with Crippen molar-refractivity contribution in [2.45, 2.75) is 99.5 Å². The summed E-state index contributed by atoms with van der Waals surface area (Å²) in [6, 6.07) is 17.2. The van der Waals surface area contributed by atoms with E-state index in [0.29, 0.717) is 5.92 Å². The SMILES string of the molecule is C=C/C=C(C)\C=C/C.C=C1CCCC(CCN2C(C(C)C)=C(C(C)=O)C(c3ccccc3)C2c2ccc(F)cc2)C1.CC(C)C. The van der Waals surface area contributed by atoms with Crippen LogP contribution < -0.4 is 0 Å². The Labute approximate surface area is 274 Å². The molecule has 2 aromatic rings. The molecular weight excluding hydrogens is 553 g/mol. The zero-order chi connectivity index (χ0) is 33.5. The number of rotatable bonds is 9. The van der Waals surface area contributed by atoms with Gasteiger partial charge in [0.25, 0.3) is 0 Å². The lowest BCUT2D eigenvalue weighted by Crippen LogP contribution is -2.30. The topological polar surface area (TPSA) is 20.3 Å². The molecule has 0 aromatic heterocycles. The van der Waals surface area contributed by atoms with Crippen LogP contribution in [-0.4, -0.2) is 17.2 Å². The molecule has 1 aliphatic heterocycles. The second-order valence-corrected chi connectivity index (χ2v) is 13.5. The first-order valence-electron chi connectivity index (χ1n) is 16.8. The van der Waals surface area contributed by atoms with Gasteiger partial charge in [0, 0.05) is 23.7 Å². The third-order valence-corrected chi connectivity index (χ3v) is 8.15. The molecule has 3 atom stereocenters. The number of benzene rings is 2. The van der Waals surface area contributed by atoms with E-state index in [1.165, 1.54) is 24.0 Å². The van der Waals surface area contributed by atoms with Crippen LogP contribution in [-0.2, 0) is 4.79 Å². The largest absolute Gasteiger partial charge is 0.366 e. The minimum Gasteiger partial charge on any atom is -0.366 e. The smallest absolute Gasteiger partial charge is 0.158 e. The quantitative estimate of drug-likeness (QED) is 0.208. The van der Waals surface area contributed by atoms with E-state index in [1.807, 2.05) is 62.4 Å². The molecule has 0 bridgehead atoms. The van der Waals surface area contributed by atoms with E-state index in [4.69, 9.17) is 0 Å². The highest BCUT2D eigenvalue weighted by atomic mass is 19.1. The lowest BCUT2D eigenvalue weighted by atomic mass is 9.81. The van der Waals surface area contributed by atoms with Gasteiger partial charge in [0.05, 0.1) is 6.04 Å². The fourth-order valence-electron chi connectivity index (χ4n) is 6.47. The van der Waals surface area contributed by atoms with Gasteiger partial charge >= 0.3 is 0 Å². The number of allylic oxidation sites excluding steroid dienone is 7. The summed E-state index contributed by atoms with van der Waals surface area (Å²) in [5, 5.41) is 0. The predicted molar refractivity (Wildman–Crippen MR) is 193 cm³/mol. The first kappa shape index (κ1) is 37.7. The Bertz CT molecular complexity index is 1310. The highest BCUT2D eigenvalue weighted by Crippen LogP contribution is 2.52. The van der Waals surface area contributed by atoms with Crippen molar-refractivity contribution in [1.82, 2.24) is 4.90 Å². The lowest BCUT2D eigenvalue weighted by molar-refractivity contribution is -0.113. The van der Waals surface area contributed by atoms with Crippen molar-refractivity contribution >= 4 is 5.78 Å². The number of Topliss-reactive ketones (excluding diaryl/α,β-unsaturated/α-hetero) is 1. The molecule has 0 radical (unpaired) electrons. The van der Waals surface area contributed by atoms with Gasteiger partial charge in [-0.2, -0.15) is 0 Å². The van der Waals surface area contributed by atoms with Crippen LogP contribution in [0.1, 0.15) is 111 Å². The third kappa shape index (κ3) is 11.8. The molecular formula is C42H58FNO. The maximum atomic E-state index is 13.8. The second-order valence-electron chi connectivity index (χ2n) is 13.5. The van der Waals surface area contributed by atoms with Gasteiger partial charge in [-0.05, 0) is 93.9 Å². The first-order chi connectivity index (χ1) is 21.4. The highest BCUT2D eigenvalue weighted by Gasteiger charge is 2.44. The molecule has 2 nitrogen and oxygen atoms in total. The van der Waals surface area contributed by atoms with Crippen molar-refractivity contribution in [2.24, 2.45) is 17.8 Å². The lowest BCUT2D eigenvalue weighted by Gasteiger charge is -2.36. The van der Waals surface area contributed by atoms with E-state index in [9.17, 15) is 9.18 Å². The van der Waals surface area contributed by atoms with Crippen LogP contribution in [0.25, 0.3) is 0 Å². The summed E-state index contributed by atoms with van der Waals surface area (Å²) in [4.78, 5) is 15.6. The number of nitrogens with zero attached hydrogens (tertiary/aromatic N) is 1. The van der Waals surface area contributed by atoms with Crippen LogP contribution in [0.2, 0.25) is 0 Å². The molecule has 244 valence electrons. The summed E-state index contributed by atoms with van der Waals surface area (Å²) in [6.45, 7) is 25.3. The summed E-state index contributed by atoms with van der Waals surface area (Å²) >= 11 is 0. The molecule has 2 aliphatic rings. The van der Waals surface area contributed by atoms with Gasteiger partial charge in [-0.3, -0.25) is 4.79 Å². The fraction of sp³-hybridized carbons (Fsp3) is 0.452. The molecule has 0 spiro atoms. The molecule has 2 aromatic carbocycles. The molecule has 1 saturated carbocycles. The summed E-state index contributed by atoms with van der Waals surface area (Å²) < 4.78 is 13.8. The number of carbonyl (C=O) groups excluding carboxylic acids is 1. The van der Waals surface area contributed by atoms with Crippen molar-refractivity contribution in [3.63, 3.8) is 0 Å². The van der Waals surface area contributed by atoms with Gasteiger partial charge in [0.15, 0.2) is 5.78 Å². The first-order valence-corrected chi connectivity index (χ1v) is 16.8. The summed E-state index contributed by atoms with van der Waals surface area (Å²) in [6.07, 6.45) is 13.6. The van der Waals surface area contributed by atoms with Crippen LogP contribution in [0.3, 0.4) is 0 Å². The minimum absolute atomic E-state index is 0.0175. The van der Waals surface area contributed by atoms with Crippen molar-refractivity contribution < 1.29 is 9.18 Å². The van der Waals surface area contributed by atoms with E-state index >= 15 is 0 Å². The molecule has 45 heavy (non-hydrogen) atoms. The van der Waals surface area contributed by atoms with E-state index in [0.717, 1.165) is 54.1 Å². The van der Waals surface area contributed by atoms with Crippen LogP contribution in [0.5, 0.6) is 0 Å². The average Bonchev–Trinajstić information content (AvgIpc) is 3.33. The standard InChI is InChI=1S/C30H36FNO.C8H12.C4H10/c1-20(2)29-27(22(4)33)28(24-11-6-5-7-12-24)30(25-13-15-26(31)16-14-25)32(29)18-17-23-10-8-9-21(3)19-23;1-4-6-8(3)7-5-2;1-4(2)3/h5-7,11-16,20,23,28,30H,3,8-10,17-19H2,1-2,4H3;4-7H,1H2,2-3H3;4H,1-3H3/b;7-5-,8-6-;. The van der Waals surface area contributed by atoms with E-state index in [1.54, 1.807) is 25.1 Å². The fourth-order valence-corrected chi connectivity index (χ4v) is 6.47. The van der Waals surface area contributed by atoms with Gasteiger partial charge < -0.3 is 4.90 Å². The molecule has 0 N–H and O–H groups in total. The van der Waals surface area contributed by atoms with Gasteiger partial charge in [-0.1, -0.05) is 126 Å².